The first-order chi connectivity index (χ1) is 17.3. The average molecular weight is 452 g/mol. The van der Waals surface area contributed by atoms with E-state index in [-0.39, 0.29) is 29.9 Å². The highest BCUT2D eigenvalue weighted by Crippen LogP contribution is 2.40. The van der Waals surface area contributed by atoms with Gasteiger partial charge in [0.1, 0.15) is 11.9 Å². The zero-order chi connectivity index (χ0) is 25.0. The topological polar surface area (TPSA) is 108 Å². The van der Waals surface area contributed by atoms with Crippen molar-refractivity contribution in [2.45, 2.75) is 56.8 Å². The zero-order valence-corrected chi connectivity index (χ0v) is 18.4. The van der Waals surface area contributed by atoms with Gasteiger partial charge >= 0.3 is 0 Å². The van der Waals surface area contributed by atoms with Crippen LogP contribution >= 0.6 is 0 Å². The fourth-order valence-corrected chi connectivity index (χ4v) is 5.65. The van der Waals surface area contributed by atoms with Crippen LogP contribution in [0, 0.1) is 11.3 Å². The number of hydrogen-bond acceptors (Lipinski definition) is 8. The lowest BCUT2D eigenvalue weighted by atomic mass is 9.99. The molecule has 33 heavy (non-hydrogen) atoms. The third-order valence-electron chi connectivity index (χ3n) is 7.23. The van der Waals surface area contributed by atoms with Crippen LogP contribution in [0.5, 0.6) is 0 Å². The number of piperidine rings is 1. The van der Waals surface area contributed by atoms with Gasteiger partial charge in [0.25, 0.3) is 0 Å². The Morgan fingerprint density at radius 1 is 1.30 bits per heavy atom. The molecule has 0 radical (unpaired) electrons. The van der Waals surface area contributed by atoms with Crippen molar-refractivity contribution < 1.29 is 13.6 Å². The maximum Gasteiger partial charge on any atom is 0.174 e. The molecule has 2 bridgehead atoms. The summed E-state index contributed by atoms with van der Waals surface area (Å²) in [6, 6.07) is 6.63. The predicted octanol–water partition coefficient (Wildman–Crippen LogP) is 2.39. The lowest BCUT2D eigenvalue weighted by molar-refractivity contribution is 0.0721. The van der Waals surface area contributed by atoms with Crippen molar-refractivity contribution in [3.63, 3.8) is 0 Å². The number of hydrogen-bond donors (Lipinski definition) is 1. The van der Waals surface area contributed by atoms with E-state index >= 15 is 0 Å². The Hall–Kier alpha value is -3.16. The van der Waals surface area contributed by atoms with Crippen LogP contribution in [-0.2, 0) is 9.47 Å². The minimum Gasteiger partial charge on any atom is -0.381 e. The number of fused-ring (bicyclic) bond motifs is 3. The van der Waals surface area contributed by atoms with Gasteiger partial charge in [-0.3, -0.25) is 5.10 Å². The van der Waals surface area contributed by atoms with Crippen LogP contribution in [-0.4, -0.2) is 76.0 Å². The predicted molar refractivity (Wildman–Crippen MR) is 123 cm³/mol. The van der Waals surface area contributed by atoms with E-state index in [1.54, 1.807) is 16.9 Å². The zero-order valence-electron chi connectivity index (χ0n) is 21.4. The molecule has 10 nitrogen and oxygen atoms in total. The molecule has 4 atom stereocenters. The molecule has 10 heteroatoms. The lowest BCUT2D eigenvalue weighted by Gasteiger charge is -2.40. The second kappa shape index (κ2) is 8.01. The molecule has 6 heterocycles. The lowest BCUT2D eigenvalue weighted by Crippen LogP contribution is -2.47. The largest absolute Gasteiger partial charge is 0.381 e. The molecule has 0 saturated carbocycles. The monoisotopic (exact) mass is 451 g/mol. The number of pyridine rings is 1. The molecule has 0 aromatic carbocycles. The third kappa shape index (κ3) is 3.26. The van der Waals surface area contributed by atoms with Crippen LogP contribution in [0.1, 0.15) is 42.4 Å². The molecule has 3 unspecified atom stereocenters. The molecular weight excluding hydrogens is 420 g/mol. The molecule has 3 saturated heterocycles. The highest BCUT2D eigenvalue weighted by Gasteiger charge is 2.39. The van der Waals surface area contributed by atoms with E-state index in [1.165, 1.54) is 0 Å². The summed E-state index contributed by atoms with van der Waals surface area (Å²) in [6.07, 6.45) is 4.53. The second-order valence-electron chi connectivity index (χ2n) is 9.15. The minimum absolute atomic E-state index is 0.00647. The van der Waals surface area contributed by atoms with Gasteiger partial charge in [-0.05, 0) is 32.6 Å². The van der Waals surface area contributed by atoms with Gasteiger partial charge in [0.05, 0.1) is 52.8 Å². The van der Waals surface area contributed by atoms with E-state index in [2.05, 4.69) is 44.2 Å². The van der Waals surface area contributed by atoms with E-state index in [0.29, 0.717) is 49.5 Å². The number of nitriles is 1. The maximum absolute atomic E-state index is 10.0. The van der Waals surface area contributed by atoms with Crippen molar-refractivity contribution in [1.82, 2.24) is 25.0 Å². The Bertz CT molecular complexity index is 1290. The first-order valence-electron chi connectivity index (χ1n) is 13.0. The number of morpholine rings is 1. The summed E-state index contributed by atoms with van der Waals surface area (Å²) in [6.45, 7) is 3.99. The number of rotatable bonds is 4. The van der Waals surface area contributed by atoms with Gasteiger partial charge in [-0.25, -0.2) is 4.98 Å². The SMILES string of the molecule is [2H]C([2H])([2H])OC1CCN(c2cc(N3C4CCC3COC4)nc3c2c(C#N)nn3-c2ccn[nH]2)[C@H](C)C1. The normalized spacial score (nSPS) is 29.0. The second-order valence-corrected chi connectivity index (χ2v) is 9.15. The van der Waals surface area contributed by atoms with Crippen molar-refractivity contribution in [3.8, 4) is 11.9 Å². The summed E-state index contributed by atoms with van der Waals surface area (Å²) in [5.41, 5.74) is 1.75. The van der Waals surface area contributed by atoms with Gasteiger partial charge < -0.3 is 19.3 Å². The smallest absolute Gasteiger partial charge is 0.174 e. The maximum atomic E-state index is 10.0. The molecule has 1 N–H and O–H groups in total. The summed E-state index contributed by atoms with van der Waals surface area (Å²) >= 11 is 0. The van der Waals surface area contributed by atoms with Crippen LogP contribution in [0.2, 0.25) is 0 Å². The van der Waals surface area contributed by atoms with Crippen molar-refractivity contribution in [3.05, 3.63) is 24.0 Å². The van der Waals surface area contributed by atoms with Crippen molar-refractivity contribution >= 4 is 22.5 Å². The Labute approximate surface area is 196 Å². The molecule has 3 aromatic rings. The van der Waals surface area contributed by atoms with Gasteiger partial charge in [0.2, 0.25) is 0 Å². The highest BCUT2D eigenvalue weighted by atomic mass is 16.5. The number of anilines is 2. The number of aromatic nitrogens is 5. The van der Waals surface area contributed by atoms with E-state index in [0.717, 1.165) is 24.3 Å². The van der Waals surface area contributed by atoms with Crippen LogP contribution in [0.3, 0.4) is 0 Å². The number of ether oxygens (including phenoxy) is 2. The third-order valence-corrected chi connectivity index (χ3v) is 7.23. The quantitative estimate of drug-likeness (QED) is 0.644. The van der Waals surface area contributed by atoms with Crippen molar-refractivity contribution in [2.75, 3.05) is 36.6 Å². The van der Waals surface area contributed by atoms with Crippen LogP contribution < -0.4 is 9.80 Å². The van der Waals surface area contributed by atoms with Gasteiger partial charge in [-0.2, -0.15) is 20.1 Å². The molecule has 3 aliphatic heterocycles. The highest BCUT2D eigenvalue weighted by molar-refractivity contribution is 5.96. The molecule has 172 valence electrons. The first-order valence-corrected chi connectivity index (χ1v) is 11.5. The van der Waals surface area contributed by atoms with Crippen molar-refractivity contribution in [1.29, 1.82) is 5.26 Å². The average Bonchev–Trinajstić information content (AvgIpc) is 3.54. The molecule has 6 rings (SSSR count). The fraction of sp³-hybridized carbons (Fsp3) is 0.565. The number of nitrogens with zero attached hydrogens (tertiary/aromatic N) is 7. The molecular formula is C23H28N8O2. The molecule has 3 aliphatic rings. The Balaban J connectivity index is 1.48. The molecule has 0 spiro atoms. The summed E-state index contributed by atoms with van der Waals surface area (Å²) < 4.78 is 35.2. The fourth-order valence-electron chi connectivity index (χ4n) is 5.65. The van der Waals surface area contributed by atoms with Gasteiger partial charge in [-0.1, -0.05) is 0 Å². The van der Waals surface area contributed by atoms with E-state index < -0.39 is 7.04 Å². The minimum atomic E-state index is -2.42. The van der Waals surface area contributed by atoms with E-state index in [4.69, 9.17) is 18.6 Å². The Morgan fingerprint density at radius 3 is 2.85 bits per heavy atom. The van der Waals surface area contributed by atoms with Gasteiger partial charge in [0.15, 0.2) is 17.2 Å². The van der Waals surface area contributed by atoms with Crippen molar-refractivity contribution in [2.24, 2.45) is 0 Å². The Kier molecular flexibility index (Phi) is 4.21. The summed E-state index contributed by atoms with van der Waals surface area (Å²) in [5.74, 6) is 1.46. The first kappa shape index (κ1) is 17.3. The Morgan fingerprint density at radius 2 is 2.15 bits per heavy atom. The van der Waals surface area contributed by atoms with Crippen LogP contribution in [0.25, 0.3) is 16.9 Å². The number of methoxy groups -OCH3 is 1. The van der Waals surface area contributed by atoms with Crippen LogP contribution in [0.15, 0.2) is 18.3 Å². The van der Waals surface area contributed by atoms with Gasteiger partial charge in [0, 0.05) is 31.8 Å². The summed E-state index contributed by atoms with van der Waals surface area (Å²) in [5, 5.41) is 22.3. The molecule has 0 amide bonds. The van der Waals surface area contributed by atoms with Gasteiger partial charge in [-0.15, -0.1) is 0 Å². The van der Waals surface area contributed by atoms with E-state index in [9.17, 15) is 5.26 Å². The number of H-pyrrole nitrogens is 1. The van der Waals surface area contributed by atoms with E-state index in [1.807, 2.05) is 0 Å². The summed E-state index contributed by atoms with van der Waals surface area (Å²) in [4.78, 5) is 9.64. The van der Waals surface area contributed by atoms with Crippen LogP contribution in [0.4, 0.5) is 11.5 Å². The molecule has 3 aromatic heterocycles. The number of aromatic amines is 1. The number of nitrogens with one attached hydrogen (secondary N) is 1. The standard InChI is InChI=1S/C23H28N8O2/c1-14-9-17(32-2)6-8-29(14)19-10-21(30-15-3-4-16(30)13-33-12-15)26-23-22(19)18(11-24)28-31(23)20-5-7-25-27-20/h5,7,10,14-17H,3-4,6,8-9,12-13H2,1-2H3,(H,25,27)/t14-,15?,16?,17?/m1/s1/i2D3. The molecule has 0 aliphatic carbocycles. The summed E-state index contributed by atoms with van der Waals surface area (Å²) in [7, 11) is -2.42. The molecule has 3 fully saturated rings.